The molecule has 1 aliphatic rings. The Balaban J connectivity index is 1.62. The molecule has 0 amide bonds. The van der Waals surface area contributed by atoms with Crippen LogP contribution in [0.4, 0.5) is 5.82 Å². The molecule has 0 atom stereocenters. The van der Waals surface area contributed by atoms with E-state index >= 15 is 0 Å². The van der Waals surface area contributed by atoms with Crippen molar-refractivity contribution in [3.63, 3.8) is 0 Å². The number of aliphatic hydroxyl groups excluding tert-OH is 1. The number of aromatic nitrogens is 4. The van der Waals surface area contributed by atoms with Gasteiger partial charge in [0.25, 0.3) is 0 Å². The van der Waals surface area contributed by atoms with Crippen molar-refractivity contribution in [2.45, 2.75) is 84.2 Å². The predicted octanol–water partition coefficient (Wildman–Crippen LogP) is 5.46. The molecule has 0 saturated heterocycles. The standard InChI is InChI=1S/C26H37N5O3SSi/c1-19-14-28-25(34-21-8-6-5-7-9-21)30-24(19)22-16-31(18-33-12-13-36(2,3)4)26(35-22)29-23-11-10-20(17-32)15-27-23/h10-11,14-16,21,32H,5-9,12-13,17-18H2,1-4H3. The molecule has 1 N–H and O–H groups in total. The van der Waals surface area contributed by atoms with Crippen LogP contribution in [0.15, 0.2) is 35.7 Å². The lowest BCUT2D eigenvalue weighted by Crippen LogP contribution is -2.23. The van der Waals surface area contributed by atoms with Gasteiger partial charge in [0, 0.05) is 33.3 Å². The molecular formula is C26H37N5O3SSi. The number of hydrogen-bond donors (Lipinski definition) is 1. The number of hydrogen-bond acceptors (Lipinski definition) is 8. The Bertz CT molecular complexity index is 1200. The highest BCUT2D eigenvalue weighted by atomic mass is 32.1. The minimum Gasteiger partial charge on any atom is -0.460 e. The van der Waals surface area contributed by atoms with E-state index in [2.05, 4.69) is 29.6 Å². The van der Waals surface area contributed by atoms with Gasteiger partial charge in [0.1, 0.15) is 12.8 Å². The van der Waals surface area contributed by atoms with Gasteiger partial charge in [0.2, 0.25) is 0 Å². The van der Waals surface area contributed by atoms with Crippen LogP contribution >= 0.6 is 11.3 Å². The summed E-state index contributed by atoms with van der Waals surface area (Å²) in [5.74, 6) is 0.581. The third-order valence-corrected chi connectivity index (χ3v) is 8.89. The van der Waals surface area contributed by atoms with Gasteiger partial charge in [-0.05, 0) is 55.8 Å². The Hall–Kier alpha value is -2.40. The van der Waals surface area contributed by atoms with Crippen molar-refractivity contribution in [3.8, 4) is 16.6 Å². The smallest absolute Gasteiger partial charge is 0.317 e. The summed E-state index contributed by atoms with van der Waals surface area (Å²) in [6.07, 6.45) is 11.5. The van der Waals surface area contributed by atoms with Crippen molar-refractivity contribution in [1.29, 1.82) is 0 Å². The first-order valence-corrected chi connectivity index (χ1v) is 17.2. The van der Waals surface area contributed by atoms with Crippen molar-refractivity contribution in [1.82, 2.24) is 19.5 Å². The van der Waals surface area contributed by atoms with Crippen LogP contribution in [0, 0.1) is 6.92 Å². The molecule has 0 unspecified atom stereocenters. The zero-order chi connectivity index (χ0) is 25.5. The number of ether oxygens (including phenoxy) is 2. The third kappa shape index (κ3) is 7.55. The minimum absolute atomic E-state index is 0.0421. The normalized spacial score (nSPS) is 15.4. The van der Waals surface area contributed by atoms with Gasteiger partial charge in [0.15, 0.2) is 10.6 Å². The summed E-state index contributed by atoms with van der Waals surface area (Å²) < 4.78 is 14.2. The Morgan fingerprint density at radius 3 is 2.64 bits per heavy atom. The number of rotatable bonds is 10. The van der Waals surface area contributed by atoms with E-state index in [0.29, 0.717) is 18.6 Å². The van der Waals surface area contributed by atoms with E-state index in [1.54, 1.807) is 6.20 Å². The molecule has 1 fully saturated rings. The molecule has 3 aromatic rings. The van der Waals surface area contributed by atoms with Gasteiger partial charge in [-0.2, -0.15) is 4.98 Å². The molecule has 0 bridgehead atoms. The molecular weight excluding hydrogens is 490 g/mol. The van der Waals surface area contributed by atoms with Crippen molar-refractivity contribution >= 4 is 25.2 Å². The molecule has 0 aromatic carbocycles. The number of aliphatic hydroxyl groups is 1. The summed E-state index contributed by atoms with van der Waals surface area (Å²) in [6.45, 7) is 10.1. The monoisotopic (exact) mass is 527 g/mol. The molecule has 8 nitrogen and oxygen atoms in total. The number of pyridine rings is 1. The van der Waals surface area contributed by atoms with Crippen molar-refractivity contribution < 1.29 is 14.6 Å². The van der Waals surface area contributed by atoms with E-state index in [-0.39, 0.29) is 12.7 Å². The van der Waals surface area contributed by atoms with E-state index in [1.165, 1.54) is 30.6 Å². The first-order valence-electron chi connectivity index (χ1n) is 12.7. The van der Waals surface area contributed by atoms with Gasteiger partial charge >= 0.3 is 6.01 Å². The Morgan fingerprint density at radius 2 is 1.94 bits per heavy atom. The quantitative estimate of drug-likeness (QED) is 0.278. The zero-order valence-electron chi connectivity index (χ0n) is 21.7. The van der Waals surface area contributed by atoms with Crippen LogP contribution in [0.5, 0.6) is 6.01 Å². The molecule has 1 aliphatic carbocycles. The summed E-state index contributed by atoms with van der Waals surface area (Å²) in [4.78, 5) is 20.1. The molecule has 194 valence electrons. The van der Waals surface area contributed by atoms with Crippen LogP contribution in [0.3, 0.4) is 0 Å². The molecule has 3 aromatic heterocycles. The number of thiazole rings is 1. The maximum atomic E-state index is 9.31. The lowest BCUT2D eigenvalue weighted by Gasteiger charge is -2.21. The van der Waals surface area contributed by atoms with Crippen LogP contribution < -0.4 is 9.54 Å². The number of aryl methyl sites for hydroxylation is 1. The molecule has 3 heterocycles. The first-order chi connectivity index (χ1) is 17.3. The fraction of sp³-hybridized carbons (Fsp3) is 0.538. The zero-order valence-corrected chi connectivity index (χ0v) is 23.6. The van der Waals surface area contributed by atoms with Gasteiger partial charge in [0.05, 0.1) is 17.2 Å². The van der Waals surface area contributed by atoms with Crippen LogP contribution in [-0.4, -0.2) is 45.4 Å². The largest absolute Gasteiger partial charge is 0.460 e. The summed E-state index contributed by atoms with van der Waals surface area (Å²) in [7, 11) is -1.18. The molecule has 4 rings (SSSR count). The van der Waals surface area contributed by atoms with Gasteiger partial charge < -0.3 is 14.6 Å². The van der Waals surface area contributed by atoms with Gasteiger partial charge in [-0.1, -0.05) is 43.5 Å². The maximum absolute atomic E-state index is 9.31. The second-order valence-electron chi connectivity index (χ2n) is 10.6. The van der Waals surface area contributed by atoms with Crippen molar-refractivity contribution in [2.75, 3.05) is 6.61 Å². The summed E-state index contributed by atoms with van der Waals surface area (Å²) >= 11 is 1.54. The fourth-order valence-corrected chi connectivity index (χ4v) is 5.75. The SMILES string of the molecule is Cc1cnc(OC2CCCCC2)nc1-c1cn(COCC[Si](C)(C)C)c(=Nc2ccc(CO)cn2)s1. The molecule has 0 radical (unpaired) electrons. The first kappa shape index (κ1) is 26.7. The molecule has 0 spiro atoms. The topological polar surface area (TPSA) is 94.7 Å². The summed E-state index contributed by atoms with van der Waals surface area (Å²) in [6, 6.07) is 5.19. The summed E-state index contributed by atoms with van der Waals surface area (Å²) in [5.41, 5.74) is 2.59. The molecule has 1 saturated carbocycles. The molecule has 10 heteroatoms. The molecule has 36 heavy (non-hydrogen) atoms. The Morgan fingerprint density at radius 1 is 1.14 bits per heavy atom. The third-order valence-electron chi connectivity index (χ3n) is 6.16. The van der Waals surface area contributed by atoms with Crippen LogP contribution in [-0.2, 0) is 18.1 Å². The second-order valence-corrected chi connectivity index (χ2v) is 17.2. The molecule has 0 aliphatic heterocycles. The maximum Gasteiger partial charge on any atom is 0.317 e. The lowest BCUT2D eigenvalue weighted by atomic mass is 9.98. The van der Waals surface area contributed by atoms with Crippen molar-refractivity contribution in [3.05, 3.63) is 46.7 Å². The lowest BCUT2D eigenvalue weighted by molar-refractivity contribution is 0.0855. The van der Waals surface area contributed by atoms with Gasteiger partial charge in [-0.15, -0.1) is 0 Å². The predicted molar refractivity (Wildman–Crippen MR) is 145 cm³/mol. The minimum atomic E-state index is -1.18. The Labute approximate surface area is 218 Å². The Kier molecular flexibility index (Phi) is 9.05. The van der Waals surface area contributed by atoms with Crippen LogP contribution in [0.1, 0.15) is 43.2 Å². The van der Waals surface area contributed by atoms with E-state index < -0.39 is 8.07 Å². The average molecular weight is 528 g/mol. The fourth-order valence-electron chi connectivity index (χ4n) is 3.95. The second kappa shape index (κ2) is 12.2. The summed E-state index contributed by atoms with van der Waals surface area (Å²) in [5, 5.41) is 9.31. The average Bonchev–Trinajstić information content (AvgIpc) is 3.26. The van der Waals surface area contributed by atoms with Crippen molar-refractivity contribution in [2.24, 2.45) is 4.99 Å². The van der Waals surface area contributed by atoms with E-state index in [0.717, 1.165) is 52.0 Å². The van der Waals surface area contributed by atoms with E-state index in [1.807, 2.05) is 36.0 Å². The van der Waals surface area contributed by atoms with Crippen LogP contribution in [0.2, 0.25) is 25.7 Å². The van der Waals surface area contributed by atoms with Crippen LogP contribution in [0.25, 0.3) is 10.6 Å². The highest BCUT2D eigenvalue weighted by Crippen LogP contribution is 2.27. The van der Waals surface area contributed by atoms with Gasteiger partial charge in [-0.3, -0.25) is 4.57 Å². The van der Waals surface area contributed by atoms with E-state index in [9.17, 15) is 5.11 Å². The van der Waals surface area contributed by atoms with E-state index in [4.69, 9.17) is 19.5 Å². The number of nitrogens with zero attached hydrogens (tertiary/aromatic N) is 5. The highest BCUT2D eigenvalue weighted by molar-refractivity contribution is 7.12. The highest BCUT2D eigenvalue weighted by Gasteiger charge is 2.18. The van der Waals surface area contributed by atoms with Gasteiger partial charge in [-0.25, -0.2) is 15.0 Å².